The zero-order valence-corrected chi connectivity index (χ0v) is 16.3. The molecule has 28 heavy (non-hydrogen) atoms. The molecular weight excluding hydrogens is 372 g/mol. The third kappa shape index (κ3) is 6.36. The molecule has 0 amide bonds. The Morgan fingerprint density at radius 1 is 1.29 bits per heavy atom. The zero-order valence-electron chi connectivity index (χ0n) is 16.3. The van der Waals surface area contributed by atoms with E-state index in [1.807, 2.05) is 13.8 Å². The third-order valence-electron chi connectivity index (χ3n) is 3.79. The second-order valence-corrected chi connectivity index (χ2v) is 6.16. The Balaban J connectivity index is 1.90. The van der Waals surface area contributed by atoms with E-state index in [2.05, 4.69) is 30.5 Å². The van der Waals surface area contributed by atoms with Gasteiger partial charge in [0.1, 0.15) is 11.5 Å². The van der Waals surface area contributed by atoms with Crippen LogP contribution in [0.5, 0.6) is 11.5 Å². The molecule has 1 heterocycles. The van der Waals surface area contributed by atoms with Gasteiger partial charge in [-0.3, -0.25) is 4.99 Å². The summed E-state index contributed by atoms with van der Waals surface area (Å²) in [4.78, 5) is 8.41. The lowest BCUT2D eigenvalue weighted by atomic mass is 10.2. The Morgan fingerprint density at radius 3 is 2.68 bits per heavy atom. The van der Waals surface area contributed by atoms with Gasteiger partial charge in [-0.05, 0) is 18.2 Å². The van der Waals surface area contributed by atoms with Crippen LogP contribution in [-0.2, 0) is 13.0 Å². The first-order valence-corrected chi connectivity index (χ1v) is 8.81. The molecule has 0 aliphatic heterocycles. The van der Waals surface area contributed by atoms with E-state index in [1.54, 1.807) is 19.2 Å². The highest BCUT2D eigenvalue weighted by molar-refractivity contribution is 5.79. The van der Waals surface area contributed by atoms with Crippen LogP contribution in [0.15, 0.2) is 27.7 Å². The maximum Gasteiger partial charge on any atom is 0.387 e. The summed E-state index contributed by atoms with van der Waals surface area (Å²) in [5.74, 6) is 2.51. The number of hydrogen-bond acceptors (Lipinski definition) is 6. The molecular formula is C18H25F2N5O3. The number of benzene rings is 1. The molecule has 0 unspecified atom stereocenters. The van der Waals surface area contributed by atoms with Gasteiger partial charge in [0.05, 0.1) is 7.11 Å². The molecule has 8 nitrogen and oxygen atoms in total. The summed E-state index contributed by atoms with van der Waals surface area (Å²) in [6, 6.07) is 4.63. The van der Waals surface area contributed by atoms with Crippen LogP contribution >= 0.6 is 0 Å². The van der Waals surface area contributed by atoms with Crippen molar-refractivity contribution in [2.45, 2.75) is 39.3 Å². The summed E-state index contributed by atoms with van der Waals surface area (Å²) < 4.78 is 40.1. The summed E-state index contributed by atoms with van der Waals surface area (Å²) in [7, 11) is 3.12. The molecule has 0 spiro atoms. The molecule has 0 saturated carbocycles. The van der Waals surface area contributed by atoms with Crippen LogP contribution in [0, 0.1) is 0 Å². The fraction of sp³-hybridized carbons (Fsp3) is 0.500. The van der Waals surface area contributed by atoms with Crippen molar-refractivity contribution in [3.8, 4) is 11.5 Å². The second kappa shape index (κ2) is 10.4. The van der Waals surface area contributed by atoms with E-state index in [-0.39, 0.29) is 18.2 Å². The Hall–Kier alpha value is -2.91. The Morgan fingerprint density at radius 2 is 2.07 bits per heavy atom. The summed E-state index contributed by atoms with van der Waals surface area (Å²) in [5.41, 5.74) is 0.515. The van der Waals surface area contributed by atoms with Crippen molar-refractivity contribution in [3.05, 3.63) is 35.5 Å². The van der Waals surface area contributed by atoms with E-state index in [9.17, 15) is 8.78 Å². The lowest BCUT2D eigenvalue weighted by Gasteiger charge is -2.15. The average molecular weight is 397 g/mol. The topological polar surface area (TPSA) is 93.8 Å². The van der Waals surface area contributed by atoms with Gasteiger partial charge >= 0.3 is 6.61 Å². The number of aromatic nitrogens is 2. The Bertz CT molecular complexity index is 780. The highest BCUT2D eigenvalue weighted by Crippen LogP contribution is 2.25. The molecule has 1 aromatic carbocycles. The fourth-order valence-corrected chi connectivity index (χ4v) is 2.32. The molecule has 2 aromatic rings. The molecule has 2 N–H and O–H groups in total. The van der Waals surface area contributed by atoms with Gasteiger partial charge in [-0.1, -0.05) is 19.0 Å². The van der Waals surface area contributed by atoms with Crippen molar-refractivity contribution in [3.63, 3.8) is 0 Å². The highest BCUT2D eigenvalue weighted by atomic mass is 19.3. The van der Waals surface area contributed by atoms with Crippen LogP contribution in [0.25, 0.3) is 0 Å². The van der Waals surface area contributed by atoms with Crippen LogP contribution in [0.1, 0.15) is 37.0 Å². The number of hydrogen-bond donors (Lipinski definition) is 2. The van der Waals surface area contributed by atoms with Crippen LogP contribution in [0.3, 0.4) is 0 Å². The molecule has 1 aromatic heterocycles. The van der Waals surface area contributed by atoms with Crippen LogP contribution in [0.4, 0.5) is 8.78 Å². The highest BCUT2D eigenvalue weighted by Gasteiger charge is 2.12. The normalized spacial score (nSPS) is 11.8. The van der Waals surface area contributed by atoms with Gasteiger partial charge in [-0.15, -0.1) is 0 Å². The molecule has 0 saturated heterocycles. The Labute approximate surface area is 162 Å². The van der Waals surface area contributed by atoms with E-state index < -0.39 is 6.61 Å². The third-order valence-corrected chi connectivity index (χ3v) is 3.79. The van der Waals surface area contributed by atoms with Crippen LogP contribution in [0.2, 0.25) is 0 Å². The zero-order chi connectivity index (χ0) is 20.5. The molecule has 0 atom stereocenters. The number of rotatable bonds is 9. The van der Waals surface area contributed by atoms with Crippen molar-refractivity contribution in [1.82, 2.24) is 20.8 Å². The molecule has 0 fully saturated rings. The van der Waals surface area contributed by atoms with Crippen molar-refractivity contribution in [2.24, 2.45) is 4.99 Å². The lowest BCUT2D eigenvalue weighted by Crippen LogP contribution is -2.38. The number of nitrogens with zero attached hydrogens (tertiary/aromatic N) is 3. The minimum atomic E-state index is -2.91. The van der Waals surface area contributed by atoms with Gasteiger partial charge in [0.15, 0.2) is 11.8 Å². The van der Waals surface area contributed by atoms with E-state index in [4.69, 9.17) is 9.26 Å². The summed E-state index contributed by atoms with van der Waals surface area (Å²) in [6.07, 6.45) is 0.527. The van der Waals surface area contributed by atoms with E-state index >= 15 is 0 Å². The maximum atomic E-state index is 12.6. The SMILES string of the molecule is CN=C(NCCc1nc(C(C)C)no1)NCc1cc(OC)ccc1OC(F)F. The van der Waals surface area contributed by atoms with Gasteiger partial charge in [0.25, 0.3) is 0 Å². The largest absolute Gasteiger partial charge is 0.497 e. The van der Waals surface area contributed by atoms with Gasteiger partial charge in [-0.25, -0.2) is 0 Å². The first-order chi connectivity index (χ1) is 13.4. The summed E-state index contributed by atoms with van der Waals surface area (Å²) in [5, 5.41) is 10.1. The number of halogens is 2. The predicted octanol–water partition coefficient (Wildman–Crippen LogP) is 2.71. The monoisotopic (exact) mass is 397 g/mol. The van der Waals surface area contributed by atoms with E-state index in [1.165, 1.54) is 13.2 Å². The molecule has 2 rings (SSSR count). The minimum absolute atomic E-state index is 0.0748. The number of alkyl halides is 2. The molecule has 10 heteroatoms. The average Bonchev–Trinajstić information content (AvgIpc) is 3.14. The summed E-state index contributed by atoms with van der Waals surface area (Å²) in [6.45, 7) is 1.80. The van der Waals surface area contributed by atoms with Gasteiger partial charge in [-0.2, -0.15) is 13.8 Å². The van der Waals surface area contributed by atoms with E-state index in [0.29, 0.717) is 42.0 Å². The first-order valence-electron chi connectivity index (χ1n) is 8.81. The first kappa shape index (κ1) is 21.4. The van der Waals surface area contributed by atoms with Gasteiger partial charge in [0, 0.05) is 38.0 Å². The molecule has 0 aliphatic rings. The fourth-order valence-electron chi connectivity index (χ4n) is 2.32. The van der Waals surface area contributed by atoms with Gasteiger partial charge < -0.3 is 24.6 Å². The standard InChI is InChI=1S/C18H25F2N5O3/c1-11(2)16-24-15(28-25-16)7-8-22-18(21-3)23-10-12-9-13(26-4)5-6-14(12)27-17(19)20/h5-6,9,11,17H,7-8,10H2,1-4H3,(H2,21,22,23). The lowest BCUT2D eigenvalue weighted by molar-refractivity contribution is -0.0504. The van der Waals surface area contributed by atoms with Crippen molar-refractivity contribution in [1.29, 1.82) is 0 Å². The minimum Gasteiger partial charge on any atom is -0.497 e. The van der Waals surface area contributed by atoms with Gasteiger partial charge in [0.2, 0.25) is 5.89 Å². The molecule has 0 aliphatic carbocycles. The Kier molecular flexibility index (Phi) is 7.97. The number of guanidine groups is 1. The predicted molar refractivity (Wildman–Crippen MR) is 99.9 cm³/mol. The number of aliphatic imine (C=N–C) groups is 1. The number of ether oxygens (including phenoxy) is 2. The molecule has 0 radical (unpaired) electrons. The molecule has 154 valence electrons. The second-order valence-electron chi connectivity index (χ2n) is 6.16. The van der Waals surface area contributed by atoms with Crippen LogP contribution < -0.4 is 20.1 Å². The maximum absolute atomic E-state index is 12.6. The van der Waals surface area contributed by atoms with Crippen LogP contribution in [-0.4, -0.2) is 43.4 Å². The van der Waals surface area contributed by atoms with Crippen molar-refractivity contribution < 1.29 is 22.8 Å². The van der Waals surface area contributed by atoms with Crippen molar-refractivity contribution >= 4 is 5.96 Å². The smallest absolute Gasteiger partial charge is 0.387 e. The number of methoxy groups -OCH3 is 1. The quantitative estimate of drug-likeness (QED) is 0.496. The van der Waals surface area contributed by atoms with Crippen molar-refractivity contribution in [2.75, 3.05) is 20.7 Å². The van der Waals surface area contributed by atoms with E-state index in [0.717, 1.165) is 0 Å². The molecule has 0 bridgehead atoms. The summed E-state index contributed by atoms with van der Waals surface area (Å²) >= 11 is 0. The number of nitrogens with one attached hydrogen (secondary N) is 2.